The van der Waals surface area contributed by atoms with Crippen molar-refractivity contribution in [2.75, 3.05) is 4.72 Å². The van der Waals surface area contributed by atoms with E-state index in [2.05, 4.69) is 4.72 Å². The van der Waals surface area contributed by atoms with Gasteiger partial charge in [0.1, 0.15) is 0 Å². The van der Waals surface area contributed by atoms with Crippen LogP contribution in [0.3, 0.4) is 0 Å². The molecule has 0 atom stereocenters. The molecule has 0 aliphatic rings. The number of nitrogens with zero attached hydrogens (tertiary/aromatic N) is 1. The average Bonchev–Trinajstić information content (AvgIpc) is 2.63. The first-order valence-corrected chi connectivity index (χ1v) is 8.75. The maximum Gasteiger partial charge on any atom is 0.261 e. The number of hydrogen-bond donors (Lipinski definition) is 1. The summed E-state index contributed by atoms with van der Waals surface area (Å²) in [5, 5.41) is 8.89. The van der Waals surface area contributed by atoms with Gasteiger partial charge in [0.05, 0.1) is 16.5 Å². The highest BCUT2D eigenvalue weighted by atomic mass is 32.2. The molecule has 1 N–H and O–H groups in total. The van der Waals surface area contributed by atoms with Crippen molar-refractivity contribution in [3.05, 3.63) is 84.4 Å². The van der Waals surface area contributed by atoms with Crippen LogP contribution in [0.5, 0.6) is 0 Å². The lowest BCUT2D eigenvalue weighted by Gasteiger charge is -2.09. The first-order valence-electron chi connectivity index (χ1n) is 7.27. The third kappa shape index (κ3) is 3.45. The molecule has 0 saturated carbocycles. The second-order valence-electron chi connectivity index (χ2n) is 5.19. The Morgan fingerprint density at radius 2 is 1.46 bits per heavy atom. The number of benzene rings is 3. The van der Waals surface area contributed by atoms with E-state index in [1.54, 1.807) is 24.3 Å². The Hall–Kier alpha value is -3.10. The van der Waals surface area contributed by atoms with Crippen LogP contribution in [0, 0.1) is 11.3 Å². The Balaban J connectivity index is 1.84. The van der Waals surface area contributed by atoms with E-state index >= 15 is 0 Å². The largest absolute Gasteiger partial charge is 0.280 e. The van der Waals surface area contributed by atoms with Gasteiger partial charge in [0.25, 0.3) is 10.0 Å². The SMILES string of the molecule is N#Cc1cccc(S(=O)(=O)Nc2ccc(-c3ccccc3)cc2)c1. The van der Waals surface area contributed by atoms with Crippen LogP contribution >= 0.6 is 0 Å². The molecule has 0 aliphatic heterocycles. The fourth-order valence-corrected chi connectivity index (χ4v) is 3.41. The minimum Gasteiger partial charge on any atom is -0.280 e. The Kier molecular flexibility index (Phi) is 4.32. The highest BCUT2D eigenvalue weighted by Crippen LogP contribution is 2.23. The van der Waals surface area contributed by atoms with Crippen LogP contribution in [-0.4, -0.2) is 8.42 Å². The lowest BCUT2D eigenvalue weighted by atomic mass is 10.1. The summed E-state index contributed by atoms with van der Waals surface area (Å²) in [5.74, 6) is 0. The maximum absolute atomic E-state index is 12.4. The van der Waals surface area contributed by atoms with Crippen LogP contribution < -0.4 is 4.72 Å². The number of hydrogen-bond acceptors (Lipinski definition) is 3. The van der Waals surface area contributed by atoms with Crippen molar-refractivity contribution in [2.45, 2.75) is 4.90 Å². The van der Waals surface area contributed by atoms with E-state index in [1.807, 2.05) is 48.5 Å². The van der Waals surface area contributed by atoms with Crippen molar-refractivity contribution in [1.82, 2.24) is 0 Å². The predicted molar refractivity (Wildman–Crippen MR) is 93.8 cm³/mol. The lowest BCUT2D eigenvalue weighted by molar-refractivity contribution is 0.601. The molecule has 0 heterocycles. The van der Waals surface area contributed by atoms with E-state index in [9.17, 15) is 8.42 Å². The molecule has 118 valence electrons. The Bertz CT molecular complexity index is 990. The first-order chi connectivity index (χ1) is 11.6. The third-order valence-corrected chi connectivity index (χ3v) is 4.90. The van der Waals surface area contributed by atoms with Crippen molar-refractivity contribution in [3.63, 3.8) is 0 Å². The zero-order valence-electron chi connectivity index (χ0n) is 12.7. The molecule has 0 bridgehead atoms. The molecule has 0 aliphatic carbocycles. The van der Waals surface area contributed by atoms with Crippen LogP contribution in [0.1, 0.15) is 5.56 Å². The molecule has 24 heavy (non-hydrogen) atoms. The fourth-order valence-electron chi connectivity index (χ4n) is 2.31. The second kappa shape index (κ2) is 6.57. The Morgan fingerprint density at radius 1 is 0.792 bits per heavy atom. The highest BCUT2D eigenvalue weighted by Gasteiger charge is 2.14. The van der Waals surface area contributed by atoms with E-state index in [0.717, 1.165) is 11.1 Å². The first kappa shape index (κ1) is 15.8. The number of nitrogens with one attached hydrogen (secondary N) is 1. The van der Waals surface area contributed by atoms with Gasteiger partial charge in [-0.2, -0.15) is 5.26 Å². The van der Waals surface area contributed by atoms with Gasteiger partial charge in [-0.25, -0.2) is 8.42 Å². The summed E-state index contributed by atoms with van der Waals surface area (Å²) in [6.07, 6.45) is 0. The van der Waals surface area contributed by atoms with Crippen molar-refractivity contribution >= 4 is 15.7 Å². The summed E-state index contributed by atoms with van der Waals surface area (Å²) in [5.41, 5.74) is 2.84. The Labute approximate surface area is 141 Å². The summed E-state index contributed by atoms with van der Waals surface area (Å²) in [7, 11) is -3.72. The van der Waals surface area contributed by atoms with Gasteiger partial charge < -0.3 is 0 Å². The smallest absolute Gasteiger partial charge is 0.261 e. The van der Waals surface area contributed by atoms with Gasteiger partial charge in [-0.05, 0) is 41.5 Å². The standard InChI is InChI=1S/C19H14N2O2S/c20-14-15-5-4-8-19(13-15)24(22,23)21-18-11-9-17(10-12-18)16-6-2-1-3-7-16/h1-13,21H. The minimum atomic E-state index is -3.72. The summed E-state index contributed by atoms with van der Waals surface area (Å²) < 4.78 is 27.3. The summed E-state index contributed by atoms with van der Waals surface area (Å²) >= 11 is 0. The summed E-state index contributed by atoms with van der Waals surface area (Å²) in [4.78, 5) is 0.0636. The van der Waals surface area contributed by atoms with Gasteiger partial charge in [-0.3, -0.25) is 4.72 Å². The van der Waals surface area contributed by atoms with E-state index in [0.29, 0.717) is 11.3 Å². The number of nitriles is 1. The van der Waals surface area contributed by atoms with E-state index < -0.39 is 10.0 Å². The van der Waals surface area contributed by atoms with Gasteiger partial charge >= 0.3 is 0 Å². The molecule has 0 fully saturated rings. The molecular weight excluding hydrogens is 320 g/mol. The molecule has 4 nitrogen and oxygen atoms in total. The molecule has 0 unspecified atom stereocenters. The van der Waals surface area contributed by atoms with Gasteiger partial charge in [-0.15, -0.1) is 0 Å². The molecule has 0 aromatic heterocycles. The molecule has 0 spiro atoms. The van der Waals surface area contributed by atoms with Crippen molar-refractivity contribution in [2.24, 2.45) is 0 Å². The van der Waals surface area contributed by atoms with Crippen molar-refractivity contribution < 1.29 is 8.42 Å². The van der Waals surface area contributed by atoms with Gasteiger partial charge in [0.15, 0.2) is 0 Å². The van der Waals surface area contributed by atoms with Gasteiger partial charge in [0, 0.05) is 5.69 Å². The van der Waals surface area contributed by atoms with E-state index in [1.165, 1.54) is 12.1 Å². The zero-order valence-corrected chi connectivity index (χ0v) is 13.5. The molecule has 0 amide bonds. The molecule has 5 heteroatoms. The maximum atomic E-state index is 12.4. The lowest BCUT2D eigenvalue weighted by Crippen LogP contribution is -2.12. The number of rotatable bonds is 4. The van der Waals surface area contributed by atoms with Crippen LogP contribution in [0.15, 0.2) is 83.8 Å². The quantitative estimate of drug-likeness (QED) is 0.783. The van der Waals surface area contributed by atoms with Crippen molar-refractivity contribution in [1.29, 1.82) is 5.26 Å². The van der Waals surface area contributed by atoms with E-state index in [4.69, 9.17) is 5.26 Å². The zero-order chi connectivity index (χ0) is 17.0. The molecule has 0 saturated heterocycles. The van der Waals surface area contributed by atoms with Crippen LogP contribution in [0.25, 0.3) is 11.1 Å². The van der Waals surface area contributed by atoms with Crippen LogP contribution in [0.4, 0.5) is 5.69 Å². The molecule has 3 rings (SSSR count). The topological polar surface area (TPSA) is 70.0 Å². The summed E-state index contributed by atoms with van der Waals surface area (Å²) in [6, 6.07) is 24.8. The molecule has 0 radical (unpaired) electrons. The summed E-state index contributed by atoms with van der Waals surface area (Å²) in [6.45, 7) is 0. The highest BCUT2D eigenvalue weighted by molar-refractivity contribution is 7.92. The Morgan fingerprint density at radius 3 is 2.12 bits per heavy atom. The molecule has 3 aromatic rings. The second-order valence-corrected chi connectivity index (χ2v) is 6.87. The molecular formula is C19H14N2O2S. The van der Waals surface area contributed by atoms with Gasteiger partial charge in [0.2, 0.25) is 0 Å². The van der Waals surface area contributed by atoms with Crippen LogP contribution in [-0.2, 0) is 10.0 Å². The monoisotopic (exact) mass is 334 g/mol. The third-order valence-electron chi connectivity index (χ3n) is 3.52. The van der Waals surface area contributed by atoms with Crippen molar-refractivity contribution in [3.8, 4) is 17.2 Å². The fraction of sp³-hybridized carbons (Fsp3) is 0. The average molecular weight is 334 g/mol. The number of anilines is 1. The van der Waals surface area contributed by atoms with Crippen LogP contribution in [0.2, 0.25) is 0 Å². The predicted octanol–water partition coefficient (Wildman–Crippen LogP) is 4.03. The normalized spacial score (nSPS) is 10.8. The molecule has 3 aromatic carbocycles. The minimum absolute atomic E-state index is 0.0636. The van der Waals surface area contributed by atoms with E-state index in [-0.39, 0.29) is 4.90 Å². The van der Waals surface area contributed by atoms with Gasteiger partial charge in [-0.1, -0.05) is 48.5 Å². The number of sulfonamides is 1.